The summed E-state index contributed by atoms with van der Waals surface area (Å²) in [4.78, 5) is 11.4. The van der Waals surface area contributed by atoms with Gasteiger partial charge in [0.25, 0.3) is 0 Å². The first-order valence-electron chi connectivity index (χ1n) is 4.27. The predicted octanol–water partition coefficient (Wildman–Crippen LogP) is 1.37. The first kappa shape index (κ1) is 11.3. The highest BCUT2D eigenvalue weighted by Crippen LogP contribution is 2.09. The lowest BCUT2D eigenvalue weighted by molar-refractivity contribution is 0.0988. The lowest BCUT2D eigenvalue weighted by Crippen LogP contribution is -2.23. The number of benzene rings is 1. The molecule has 0 spiro atoms. The van der Waals surface area contributed by atoms with Crippen molar-refractivity contribution >= 4 is 5.78 Å². The van der Waals surface area contributed by atoms with Gasteiger partial charge in [-0.3, -0.25) is 10.1 Å². The number of terminal acetylenes is 1. The third kappa shape index (κ3) is 3.15. The van der Waals surface area contributed by atoms with Gasteiger partial charge in [0, 0.05) is 6.07 Å². The maximum Gasteiger partial charge on any atom is 0.179 e. The van der Waals surface area contributed by atoms with Crippen molar-refractivity contribution in [2.45, 2.75) is 0 Å². The van der Waals surface area contributed by atoms with Crippen molar-refractivity contribution < 1.29 is 13.6 Å². The SMILES string of the molecule is C#CCNCC(=O)c1ccc(F)cc1F. The van der Waals surface area contributed by atoms with E-state index < -0.39 is 17.4 Å². The molecule has 0 aliphatic carbocycles. The Hall–Kier alpha value is -1.73. The Morgan fingerprint density at radius 3 is 2.80 bits per heavy atom. The molecule has 0 fully saturated rings. The summed E-state index contributed by atoms with van der Waals surface area (Å²) in [6.07, 6.45) is 4.96. The van der Waals surface area contributed by atoms with Crippen LogP contribution in [0.4, 0.5) is 8.78 Å². The molecule has 0 atom stereocenters. The maximum absolute atomic E-state index is 13.1. The van der Waals surface area contributed by atoms with Crippen molar-refractivity contribution in [1.82, 2.24) is 5.32 Å². The van der Waals surface area contributed by atoms with E-state index in [1.165, 1.54) is 0 Å². The largest absolute Gasteiger partial charge is 0.299 e. The van der Waals surface area contributed by atoms with Gasteiger partial charge >= 0.3 is 0 Å². The van der Waals surface area contributed by atoms with Crippen LogP contribution in [0.1, 0.15) is 10.4 Å². The molecule has 78 valence electrons. The minimum Gasteiger partial charge on any atom is -0.299 e. The summed E-state index contributed by atoms with van der Waals surface area (Å²) < 4.78 is 25.6. The molecule has 0 aromatic heterocycles. The Balaban J connectivity index is 2.70. The summed E-state index contributed by atoms with van der Waals surface area (Å²) in [7, 11) is 0. The molecule has 0 bridgehead atoms. The second kappa shape index (κ2) is 5.23. The van der Waals surface area contributed by atoms with E-state index in [0.717, 1.165) is 12.1 Å². The molecule has 1 rings (SSSR count). The van der Waals surface area contributed by atoms with Gasteiger partial charge in [-0.15, -0.1) is 6.42 Å². The predicted molar refractivity (Wildman–Crippen MR) is 52.4 cm³/mol. The van der Waals surface area contributed by atoms with E-state index in [2.05, 4.69) is 11.2 Å². The van der Waals surface area contributed by atoms with Crippen LogP contribution in [0.15, 0.2) is 18.2 Å². The van der Waals surface area contributed by atoms with Gasteiger partial charge in [0.15, 0.2) is 5.78 Å². The monoisotopic (exact) mass is 209 g/mol. The Morgan fingerprint density at radius 2 is 2.20 bits per heavy atom. The molecule has 4 heteroatoms. The van der Waals surface area contributed by atoms with E-state index in [1.807, 2.05) is 0 Å². The average molecular weight is 209 g/mol. The van der Waals surface area contributed by atoms with Crippen LogP contribution in [0.2, 0.25) is 0 Å². The minimum absolute atomic E-state index is 0.0627. The lowest BCUT2D eigenvalue weighted by atomic mass is 10.1. The van der Waals surface area contributed by atoms with Gasteiger partial charge in [-0.2, -0.15) is 0 Å². The van der Waals surface area contributed by atoms with E-state index in [9.17, 15) is 13.6 Å². The van der Waals surface area contributed by atoms with Crippen molar-refractivity contribution in [3.63, 3.8) is 0 Å². The molecule has 1 N–H and O–H groups in total. The van der Waals surface area contributed by atoms with Crippen molar-refractivity contribution in [2.75, 3.05) is 13.1 Å². The average Bonchev–Trinajstić information content (AvgIpc) is 2.17. The highest BCUT2D eigenvalue weighted by atomic mass is 19.1. The molecule has 1 aromatic carbocycles. The summed E-state index contributed by atoms with van der Waals surface area (Å²) in [5.74, 6) is 0.259. The molecule has 0 radical (unpaired) electrons. The van der Waals surface area contributed by atoms with Crippen LogP contribution >= 0.6 is 0 Å². The zero-order valence-electron chi connectivity index (χ0n) is 7.89. The number of Topliss-reactive ketones (excluding diaryl/α,β-unsaturated/α-hetero) is 1. The molecular weight excluding hydrogens is 200 g/mol. The smallest absolute Gasteiger partial charge is 0.179 e. The van der Waals surface area contributed by atoms with Crippen molar-refractivity contribution in [3.8, 4) is 12.3 Å². The van der Waals surface area contributed by atoms with E-state index in [4.69, 9.17) is 6.42 Å². The topological polar surface area (TPSA) is 29.1 Å². The fourth-order valence-electron chi connectivity index (χ4n) is 1.06. The molecule has 0 aliphatic rings. The number of hydrogen-bond acceptors (Lipinski definition) is 2. The number of carbonyl (C=O) groups excluding carboxylic acids is 1. The summed E-state index contributed by atoms with van der Waals surface area (Å²) in [6, 6.07) is 2.83. The Bertz CT molecular complexity index is 410. The van der Waals surface area contributed by atoms with Crippen LogP contribution in [0.25, 0.3) is 0 Å². The fourth-order valence-corrected chi connectivity index (χ4v) is 1.06. The minimum atomic E-state index is -0.859. The van der Waals surface area contributed by atoms with Gasteiger partial charge in [0.2, 0.25) is 0 Å². The van der Waals surface area contributed by atoms with Gasteiger partial charge < -0.3 is 0 Å². The molecule has 0 saturated heterocycles. The van der Waals surface area contributed by atoms with Crippen molar-refractivity contribution in [2.24, 2.45) is 0 Å². The third-order valence-corrected chi connectivity index (χ3v) is 1.74. The van der Waals surface area contributed by atoms with Crippen LogP contribution in [-0.2, 0) is 0 Å². The summed E-state index contributed by atoms with van der Waals surface area (Å²) in [5, 5.41) is 2.63. The number of rotatable bonds is 4. The molecule has 0 heterocycles. The number of hydrogen-bond donors (Lipinski definition) is 1. The van der Waals surface area contributed by atoms with Gasteiger partial charge in [-0.25, -0.2) is 8.78 Å². The Kier molecular flexibility index (Phi) is 3.95. The zero-order chi connectivity index (χ0) is 11.3. The van der Waals surface area contributed by atoms with Crippen LogP contribution in [0, 0.1) is 24.0 Å². The molecule has 2 nitrogen and oxygen atoms in total. The molecule has 0 amide bonds. The third-order valence-electron chi connectivity index (χ3n) is 1.74. The van der Waals surface area contributed by atoms with Crippen LogP contribution in [-0.4, -0.2) is 18.9 Å². The van der Waals surface area contributed by atoms with Gasteiger partial charge in [0.1, 0.15) is 11.6 Å². The molecule has 1 aromatic rings. The van der Waals surface area contributed by atoms with Gasteiger partial charge in [-0.05, 0) is 12.1 Å². The van der Waals surface area contributed by atoms with E-state index >= 15 is 0 Å². The van der Waals surface area contributed by atoms with Crippen LogP contribution in [0.5, 0.6) is 0 Å². The summed E-state index contributed by atoms with van der Waals surface area (Å²) in [5.41, 5.74) is -0.138. The molecule has 15 heavy (non-hydrogen) atoms. The van der Waals surface area contributed by atoms with Gasteiger partial charge in [-0.1, -0.05) is 5.92 Å². The number of ketones is 1. The molecular formula is C11H9F2NO. The highest BCUT2D eigenvalue weighted by molar-refractivity contribution is 5.97. The van der Waals surface area contributed by atoms with E-state index in [0.29, 0.717) is 6.07 Å². The summed E-state index contributed by atoms with van der Waals surface area (Å²) in [6.45, 7) is 0.168. The second-order valence-corrected chi connectivity index (χ2v) is 2.86. The molecule has 0 aliphatic heterocycles. The number of halogens is 2. The van der Waals surface area contributed by atoms with Crippen molar-refractivity contribution in [1.29, 1.82) is 0 Å². The van der Waals surface area contributed by atoms with Crippen LogP contribution in [0.3, 0.4) is 0 Å². The summed E-state index contributed by atoms with van der Waals surface area (Å²) >= 11 is 0. The maximum atomic E-state index is 13.1. The standard InChI is InChI=1S/C11H9F2NO/c1-2-5-14-7-11(15)9-4-3-8(12)6-10(9)13/h1,3-4,6,14H,5,7H2. The Morgan fingerprint density at radius 1 is 1.47 bits per heavy atom. The quantitative estimate of drug-likeness (QED) is 0.461. The first-order chi connectivity index (χ1) is 7.15. The zero-order valence-corrected chi connectivity index (χ0v) is 7.89. The molecule has 0 saturated carbocycles. The van der Waals surface area contributed by atoms with Crippen molar-refractivity contribution in [3.05, 3.63) is 35.4 Å². The Labute approximate surface area is 86.3 Å². The second-order valence-electron chi connectivity index (χ2n) is 2.86. The van der Waals surface area contributed by atoms with Gasteiger partial charge in [0.05, 0.1) is 18.7 Å². The molecule has 0 unspecified atom stereocenters. The highest BCUT2D eigenvalue weighted by Gasteiger charge is 2.11. The number of carbonyl (C=O) groups is 1. The van der Waals surface area contributed by atoms with Crippen LogP contribution < -0.4 is 5.32 Å². The normalized spacial score (nSPS) is 9.67. The van der Waals surface area contributed by atoms with E-state index in [1.54, 1.807) is 0 Å². The van der Waals surface area contributed by atoms with E-state index in [-0.39, 0.29) is 18.7 Å². The first-order valence-corrected chi connectivity index (χ1v) is 4.27. The fraction of sp³-hybridized carbons (Fsp3) is 0.182. The number of nitrogens with one attached hydrogen (secondary N) is 1. The lowest BCUT2D eigenvalue weighted by Gasteiger charge is -2.02.